The third kappa shape index (κ3) is 7.92. The number of ether oxygens (including phenoxy) is 1. The fourth-order valence-electron chi connectivity index (χ4n) is 11.1. The highest BCUT2D eigenvalue weighted by molar-refractivity contribution is 5.82. The molecule has 1 aliphatic heterocycles. The van der Waals surface area contributed by atoms with Gasteiger partial charge >= 0.3 is 0 Å². The molecule has 5 saturated carbocycles. The minimum Gasteiger partial charge on any atom is -0.393 e. The van der Waals surface area contributed by atoms with Crippen molar-refractivity contribution in [3.8, 4) is 0 Å². The van der Waals surface area contributed by atoms with Crippen molar-refractivity contribution < 1.29 is 19.5 Å². The van der Waals surface area contributed by atoms with Gasteiger partial charge in [-0.15, -0.1) is 0 Å². The molecule has 5 aliphatic carbocycles. The van der Waals surface area contributed by atoms with Gasteiger partial charge in [-0.1, -0.05) is 41.0 Å². The van der Waals surface area contributed by atoms with E-state index < -0.39 is 12.1 Å². The maximum Gasteiger partial charge on any atom is 0.240 e. The van der Waals surface area contributed by atoms with Crippen LogP contribution in [0.2, 0.25) is 0 Å². The van der Waals surface area contributed by atoms with Crippen molar-refractivity contribution in [2.45, 2.75) is 129 Å². The highest BCUT2D eigenvalue weighted by atomic mass is 16.7. The summed E-state index contributed by atoms with van der Waals surface area (Å²) in [6.07, 6.45) is 8.45. The Bertz CT molecular complexity index is 1020. The summed E-state index contributed by atoms with van der Waals surface area (Å²) in [6, 6.07) is 0.185. The first-order valence-electron chi connectivity index (χ1n) is 19.3. The first kappa shape index (κ1) is 37.4. The van der Waals surface area contributed by atoms with E-state index >= 15 is 0 Å². The number of nitrogens with zero attached hydrogens (tertiary/aromatic N) is 2. The Morgan fingerprint density at radius 3 is 2.47 bits per heavy atom. The number of carbonyl (C=O) groups is 1. The Hall–Kier alpha value is -0.810. The topological polar surface area (TPSA) is 112 Å². The Labute approximate surface area is 286 Å². The second-order valence-electron chi connectivity index (χ2n) is 17.9. The molecule has 47 heavy (non-hydrogen) atoms. The van der Waals surface area contributed by atoms with Crippen molar-refractivity contribution in [2.75, 3.05) is 47.4 Å². The van der Waals surface area contributed by atoms with Gasteiger partial charge in [-0.05, 0) is 126 Å². The molecule has 1 amide bonds. The van der Waals surface area contributed by atoms with E-state index in [0.29, 0.717) is 59.4 Å². The van der Waals surface area contributed by atoms with Crippen LogP contribution in [0.4, 0.5) is 0 Å². The van der Waals surface area contributed by atoms with E-state index in [1.807, 2.05) is 12.2 Å². The summed E-state index contributed by atoms with van der Waals surface area (Å²) in [7, 11) is 6.37. The van der Waals surface area contributed by atoms with Crippen molar-refractivity contribution in [3.05, 3.63) is 0 Å². The quantitative estimate of drug-likeness (QED) is 0.233. The van der Waals surface area contributed by atoms with Crippen molar-refractivity contribution >= 4 is 5.91 Å². The molecule has 1 heterocycles. The lowest BCUT2D eigenvalue weighted by molar-refractivity contribution is -0.186. The summed E-state index contributed by atoms with van der Waals surface area (Å²) in [5.74, 6) is 4.03. The molecule has 0 radical (unpaired) electrons. The summed E-state index contributed by atoms with van der Waals surface area (Å²) in [5, 5.41) is 20.2. The third-order valence-electron chi connectivity index (χ3n) is 13.9. The number of nitrogens with two attached hydrogens (primary N) is 1. The molecule has 6 fully saturated rings. The van der Waals surface area contributed by atoms with Crippen LogP contribution in [-0.4, -0.2) is 105 Å². The molecule has 0 aromatic rings. The zero-order chi connectivity index (χ0) is 34.2. The van der Waals surface area contributed by atoms with E-state index in [-0.39, 0.29) is 42.5 Å². The zero-order valence-electron chi connectivity index (χ0n) is 31.3. The number of amides is 1. The third-order valence-corrected chi connectivity index (χ3v) is 13.9. The molecule has 9 heteroatoms. The van der Waals surface area contributed by atoms with Crippen LogP contribution < -0.4 is 16.4 Å². The van der Waals surface area contributed by atoms with Crippen molar-refractivity contribution in [3.63, 3.8) is 0 Å². The Morgan fingerprint density at radius 2 is 1.87 bits per heavy atom. The summed E-state index contributed by atoms with van der Waals surface area (Å²) < 4.78 is 6.43. The van der Waals surface area contributed by atoms with Gasteiger partial charge < -0.3 is 31.1 Å². The molecule has 272 valence electrons. The van der Waals surface area contributed by atoms with Crippen LogP contribution in [0.1, 0.15) is 92.9 Å². The predicted octanol–water partition coefficient (Wildman–Crippen LogP) is 4.14. The summed E-state index contributed by atoms with van der Waals surface area (Å²) >= 11 is 0. The number of methoxy groups -OCH3 is 1. The number of fused-ring (bicyclic) bond motifs is 2. The van der Waals surface area contributed by atoms with Gasteiger partial charge in [-0.3, -0.25) is 9.63 Å². The van der Waals surface area contributed by atoms with E-state index in [4.69, 9.17) is 15.3 Å². The smallest absolute Gasteiger partial charge is 0.240 e. The fraction of sp³-hybridized carbons (Fsp3) is 0.974. The van der Waals surface area contributed by atoms with Crippen LogP contribution >= 0.6 is 0 Å². The van der Waals surface area contributed by atoms with Crippen LogP contribution in [0, 0.1) is 58.7 Å². The molecule has 6 rings (SSSR count). The average molecular weight is 662 g/mol. The monoisotopic (exact) mass is 662 g/mol. The van der Waals surface area contributed by atoms with Crippen LogP contribution in [0.25, 0.3) is 0 Å². The van der Waals surface area contributed by atoms with Gasteiger partial charge in [0.2, 0.25) is 5.91 Å². The largest absolute Gasteiger partial charge is 0.393 e. The second kappa shape index (κ2) is 15.6. The molecule has 9 nitrogen and oxygen atoms in total. The number of rotatable bonds is 13. The van der Waals surface area contributed by atoms with Crippen LogP contribution in [0.3, 0.4) is 0 Å². The molecule has 1 saturated heterocycles. The molecule has 14 atom stereocenters. The SMILES string of the molecule is COC1C(CN2O[C@@H](CN)[C@@H]([C@H](C)O)[C@H]2C(=O)N[C@H]2C[C@H]3C[C@@H]([C@@H]2C)C3(C)C)CCCC1C1CC(CNCC(C)C)CC(N(C)C)C1. The summed E-state index contributed by atoms with van der Waals surface area (Å²) in [6.45, 7) is 16.5. The minimum absolute atomic E-state index is 0.0121. The van der Waals surface area contributed by atoms with Gasteiger partial charge in [0.25, 0.3) is 0 Å². The van der Waals surface area contributed by atoms with E-state index in [0.717, 1.165) is 32.4 Å². The number of aliphatic hydroxyl groups is 1. The van der Waals surface area contributed by atoms with Gasteiger partial charge in [0.15, 0.2) is 0 Å². The number of nitrogens with one attached hydrogen (secondary N) is 2. The number of hydrogen-bond donors (Lipinski definition) is 4. The molecule has 0 aromatic carbocycles. The summed E-state index contributed by atoms with van der Waals surface area (Å²) in [5.41, 5.74) is 6.59. The molecule has 6 unspecified atom stereocenters. The Balaban J connectivity index is 1.30. The first-order valence-corrected chi connectivity index (χ1v) is 19.3. The maximum absolute atomic E-state index is 14.3. The lowest BCUT2D eigenvalue weighted by Gasteiger charge is -2.62. The van der Waals surface area contributed by atoms with E-state index in [1.165, 1.54) is 32.1 Å². The summed E-state index contributed by atoms with van der Waals surface area (Å²) in [4.78, 5) is 23.2. The molecule has 5 N–H and O–H groups in total. The zero-order valence-corrected chi connectivity index (χ0v) is 31.3. The number of hydroxylamine groups is 2. The minimum atomic E-state index is -0.704. The van der Waals surface area contributed by atoms with Gasteiger partial charge in [-0.2, -0.15) is 5.06 Å². The van der Waals surface area contributed by atoms with Crippen molar-refractivity contribution in [1.82, 2.24) is 20.6 Å². The molecule has 2 bridgehead atoms. The molecule has 6 aliphatic rings. The van der Waals surface area contributed by atoms with Crippen molar-refractivity contribution in [1.29, 1.82) is 0 Å². The molecule has 0 spiro atoms. The number of hydrogen-bond acceptors (Lipinski definition) is 8. The van der Waals surface area contributed by atoms with Gasteiger partial charge in [-0.25, -0.2) is 0 Å². The highest BCUT2D eigenvalue weighted by Gasteiger charge is 2.57. The molecule has 0 aromatic heterocycles. The average Bonchev–Trinajstić information content (AvgIpc) is 3.40. The highest BCUT2D eigenvalue weighted by Crippen LogP contribution is 2.61. The lowest BCUT2D eigenvalue weighted by Crippen LogP contribution is -2.62. The predicted molar refractivity (Wildman–Crippen MR) is 188 cm³/mol. The van der Waals surface area contributed by atoms with Crippen LogP contribution in [0.5, 0.6) is 0 Å². The fourth-order valence-corrected chi connectivity index (χ4v) is 11.1. The number of aliphatic hydroxyl groups excluding tert-OH is 1. The molecular formula is C38H71N5O4. The second-order valence-corrected chi connectivity index (χ2v) is 17.9. The van der Waals surface area contributed by atoms with Crippen LogP contribution in [0.15, 0.2) is 0 Å². The Kier molecular flexibility index (Phi) is 12.4. The first-order chi connectivity index (χ1) is 22.3. The van der Waals surface area contributed by atoms with E-state index in [2.05, 4.69) is 64.2 Å². The maximum atomic E-state index is 14.3. The van der Waals surface area contributed by atoms with E-state index in [1.54, 1.807) is 6.92 Å². The Morgan fingerprint density at radius 1 is 1.13 bits per heavy atom. The standard InChI is InChI=1S/C38H71N5O4/c1-22(2)19-40-20-25-13-27(15-29(14-25)42(7)8)30-12-10-11-26(36(30)46-9)21-43-35(34(24(4)44)33(18-39)47-43)37(45)41-32-17-28-16-31(23(32)3)38(28,5)6/h22-36,40,44H,10-21,39H2,1-9H3,(H,41,45)/t23-,24-,25?,26?,27?,28+,29?,30?,31-,32-,33-,34+,35-,36?/m0/s1. The normalized spacial score (nSPS) is 42.8. The molecular weight excluding hydrogens is 590 g/mol. The van der Waals surface area contributed by atoms with Gasteiger partial charge in [0.1, 0.15) is 6.04 Å². The van der Waals surface area contributed by atoms with Crippen molar-refractivity contribution in [2.24, 2.45) is 64.4 Å². The van der Waals surface area contributed by atoms with Gasteiger partial charge in [0.05, 0.1) is 18.3 Å². The number of carbonyl (C=O) groups excluding carboxylic acids is 1. The van der Waals surface area contributed by atoms with E-state index in [9.17, 15) is 9.90 Å². The van der Waals surface area contributed by atoms with Crippen LogP contribution in [-0.2, 0) is 14.4 Å². The van der Waals surface area contributed by atoms with Gasteiger partial charge in [0, 0.05) is 44.1 Å². The lowest BCUT2D eigenvalue weighted by atomic mass is 9.45.